The van der Waals surface area contributed by atoms with Gasteiger partial charge in [-0.25, -0.2) is 0 Å². The molecule has 1 amide bonds. The van der Waals surface area contributed by atoms with E-state index in [1.54, 1.807) is 22.7 Å². The summed E-state index contributed by atoms with van der Waals surface area (Å²) in [6, 6.07) is 17.4. The lowest BCUT2D eigenvalue weighted by atomic mass is 10.2. The van der Waals surface area contributed by atoms with Crippen molar-refractivity contribution in [3.63, 3.8) is 0 Å². The summed E-state index contributed by atoms with van der Waals surface area (Å²) in [6.45, 7) is 3.08. The van der Waals surface area contributed by atoms with Gasteiger partial charge in [0.1, 0.15) is 11.4 Å². The number of hydrogen-bond donors (Lipinski definition) is 1. The first-order valence-corrected chi connectivity index (χ1v) is 8.84. The van der Waals surface area contributed by atoms with Crippen LogP contribution in [-0.2, 0) is 6.54 Å². The number of ether oxygens (including phenoxy) is 1. The minimum absolute atomic E-state index is 0.102. The van der Waals surface area contributed by atoms with Crippen LogP contribution in [0, 0.1) is 4.77 Å². The zero-order chi connectivity index (χ0) is 18.5. The Hall–Kier alpha value is -2.86. The van der Waals surface area contributed by atoms with Crippen LogP contribution in [0.2, 0.25) is 0 Å². The van der Waals surface area contributed by atoms with Crippen molar-refractivity contribution < 1.29 is 9.53 Å². The molecular weight excluding hydrogens is 346 g/mol. The molecule has 0 fully saturated rings. The highest BCUT2D eigenvalue weighted by Gasteiger charge is 2.18. The van der Waals surface area contributed by atoms with Gasteiger partial charge in [-0.05, 0) is 49.0 Å². The third kappa shape index (κ3) is 3.86. The van der Waals surface area contributed by atoms with E-state index in [1.807, 2.05) is 61.5 Å². The van der Waals surface area contributed by atoms with Gasteiger partial charge in [-0.2, -0.15) is 0 Å². The number of carbonyl (C=O) groups is 1. The fourth-order valence-electron chi connectivity index (χ4n) is 2.76. The van der Waals surface area contributed by atoms with E-state index < -0.39 is 0 Å². The second-order valence-corrected chi connectivity index (χ2v) is 6.27. The molecule has 1 aromatic heterocycles. The summed E-state index contributed by atoms with van der Waals surface area (Å²) in [5.41, 5.74) is 2.40. The minimum Gasteiger partial charge on any atom is -0.494 e. The van der Waals surface area contributed by atoms with E-state index in [1.165, 1.54) is 0 Å². The first kappa shape index (κ1) is 17.9. The predicted molar refractivity (Wildman–Crippen MR) is 104 cm³/mol. The normalized spacial score (nSPS) is 10.5. The van der Waals surface area contributed by atoms with E-state index in [4.69, 9.17) is 17.0 Å². The summed E-state index contributed by atoms with van der Waals surface area (Å²) in [6.07, 6.45) is 1.66. The van der Waals surface area contributed by atoms with E-state index in [0.717, 1.165) is 17.0 Å². The molecule has 134 valence electrons. The van der Waals surface area contributed by atoms with Crippen molar-refractivity contribution in [3.05, 3.63) is 76.8 Å². The van der Waals surface area contributed by atoms with Gasteiger partial charge in [0.05, 0.1) is 6.61 Å². The average Bonchev–Trinajstić information content (AvgIpc) is 3.05. The van der Waals surface area contributed by atoms with E-state index in [0.29, 0.717) is 23.6 Å². The quantitative estimate of drug-likeness (QED) is 0.664. The molecule has 0 atom stereocenters. The maximum absolute atomic E-state index is 12.9. The smallest absolute Gasteiger partial charge is 0.272 e. The Morgan fingerprint density at radius 3 is 2.50 bits per heavy atom. The lowest BCUT2D eigenvalue weighted by Crippen LogP contribution is -2.28. The van der Waals surface area contributed by atoms with E-state index >= 15 is 0 Å². The van der Waals surface area contributed by atoms with Gasteiger partial charge in [-0.15, -0.1) is 0 Å². The molecule has 1 N–H and O–H groups in total. The Labute approximate surface area is 157 Å². The van der Waals surface area contributed by atoms with Gasteiger partial charge in [-0.3, -0.25) is 9.36 Å². The van der Waals surface area contributed by atoms with Gasteiger partial charge in [0, 0.05) is 25.5 Å². The van der Waals surface area contributed by atoms with Gasteiger partial charge in [0.2, 0.25) is 0 Å². The molecule has 0 saturated heterocycles. The number of aromatic nitrogens is 2. The molecule has 0 aliphatic rings. The molecule has 26 heavy (non-hydrogen) atoms. The highest BCUT2D eigenvalue weighted by molar-refractivity contribution is 7.71. The molecule has 0 radical (unpaired) electrons. The molecule has 6 heteroatoms. The molecule has 3 rings (SSSR count). The van der Waals surface area contributed by atoms with Crippen molar-refractivity contribution >= 4 is 18.1 Å². The number of rotatable bonds is 6. The largest absolute Gasteiger partial charge is 0.494 e. The zero-order valence-electron chi connectivity index (χ0n) is 14.8. The average molecular weight is 367 g/mol. The number of nitrogens with one attached hydrogen (secondary N) is 1. The van der Waals surface area contributed by atoms with Crippen LogP contribution in [0.3, 0.4) is 0 Å². The van der Waals surface area contributed by atoms with Crippen LogP contribution in [0.25, 0.3) is 5.69 Å². The van der Waals surface area contributed by atoms with Gasteiger partial charge in [0.25, 0.3) is 5.91 Å². The summed E-state index contributed by atoms with van der Waals surface area (Å²) in [4.78, 5) is 17.6. The van der Waals surface area contributed by atoms with Crippen molar-refractivity contribution in [2.24, 2.45) is 0 Å². The highest BCUT2D eigenvalue weighted by atomic mass is 32.1. The number of imidazole rings is 1. The summed E-state index contributed by atoms with van der Waals surface area (Å²) < 4.78 is 7.70. The summed E-state index contributed by atoms with van der Waals surface area (Å²) in [7, 11) is 1.78. The van der Waals surface area contributed by atoms with Crippen molar-refractivity contribution in [1.82, 2.24) is 14.5 Å². The van der Waals surface area contributed by atoms with Crippen LogP contribution in [-0.4, -0.2) is 34.0 Å². The molecule has 1 heterocycles. The predicted octanol–water partition coefficient (Wildman–Crippen LogP) is 4.21. The Bertz CT molecular complexity index is 930. The van der Waals surface area contributed by atoms with Crippen LogP contribution in [0.15, 0.2) is 60.8 Å². The topological polar surface area (TPSA) is 50.3 Å². The first-order valence-electron chi connectivity index (χ1n) is 8.43. The van der Waals surface area contributed by atoms with Gasteiger partial charge < -0.3 is 14.6 Å². The Balaban J connectivity index is 1.80. The van der Waals surface area contributed by atoms with Crippen LogP contribution in [0.1, 0.15) is 23.0 Å². The first-order chi connectivity index (χ1) is 12.6. The molecule has 0 aliphatic carbocycles. The Morgan fingerprint density at radius 1 is 1.15 bits per heavy atom. The Morgan fingerprint density at radius 2 is 1.85 bits per heavy atom. The number of nitrogens with zero attached hydrogens (tertiary/aromatic N) is 2. The molecule has 0 saturated carbocycles. The fourth-order valence-corrected chi connectivity index (χ4v) is 3.02. The number of aromatic amines is 1. The van der Waals surface area contributed by atoms with Crippen molar-refractivity contribution in [2.45, 2.75) is 13.5 Å². The molecule has 0 spiro atoms. The number of para-hydroxylation sites is 1. The maximum atomic E-state index is 12.9. The molecule has 3 aromatic rings. The third-order valence-corrected chi connectivity index (χ3v) is 4.31. The van der Waals surface area contributed by atoms with Crippen LogP contribution < -0.4 is 4.74 Å². The minimum atomic E-state index is -0.102. The molecular formula is C20H21N3O2S. The summed E-state index contributed by atoms with van der Waals surface area (Å²) >= 11 is 5.35. The third-order valence-electron chi connectivity index (χ3n) is 4.01. The van der Waals surface area contributed by atoms with Crippen molar-refractivity contribution in [3.8, 4) is 11.4 Å². The lowest BCUT2D eigenvalue weighted by molar-refractivity contribution is 0.0777. The summed E-state index contributed by atoms with van der Waals surface area (Å²) in [5, 5.41) is 0. The second-order valence-electron chi connectivity index (χ2n) is 5.89. The van der Waals surface area contributed by atoms with Gasteiger partial charge >= 0.3 is 0 Å². The number of carbonyl (C=O) groups excluding carboxylic acids is 1. The van der Waals surface area contributed by atoms with E-state index in [9.17, 15) is 4.79 Å². The van der Waals surface area contributed by atoms with Crippen LogP contribution in [0.4, 0.5) is 0 Å². The van der Waals surface area contributed by atoms with Crippen LogP contribution >= 0.6 is 12.2 Å². The number of hydrogen-bond acceptors (Lipinski definition) is 3. The molecule has 5 nitrogen and oxygen atoms in total. The molecule has 0 bridgehead atoms. The second kappa shape index (κ2) is 8.01. The monoisotopic (exact) mass is 367 g/mol. The Kier molecular flexibility index (Phi) is 5.53. The van der Waals surface area contributed by atoms with E-state index in [-0.39, 0.29) is 5.91 Å². The standard InChI is InChI=1S/C20H21N3O2S/c1-3-25-17-11-9-15(10-12-17)14-22(2)19(24)18-13-21-20(26)23(18)16-7-5-4-6-8-16/h4-13H,3,14H2,1-2H3,(H,21,26). The van der Waals surface area contributed by atoms with Gasteiger partial charge in [0.15, 0.2) is 4.77 Å². The molecule has 0 aliphatic heterocycles. The number of amides is 1. The lowest BCUT2D eigenvalue weighted by Gasteiger charge is -2.18. The van der Waals surface area contributed by atoms with Crippen LogP contribution in [0.5, 0.6) is 5.75 Å². The molecule has 2 aromatic carbocycles. The SMILES string of the molecule is CCOc1ccc(CN(C)C(=O)c2c[nH]c(=S)n2-c2ccccc2)cc1. The zero-order valence-corrected chi connectivity index (χ0v) is 15.6. The van der Waals surface area contributed by atoms with Gasteiger partial charge in [-0.1, -0.05) is 30.3 Å². The van der Waals surface area contributed by atoms with E-state index in [2.05, 4.69) is 4.98 Å². The molecule has 0 unspecified atom stereocenters. The highest BCUT2D eigenvalue weighted by Crippen LogP contribution is 2.17. The van der Waals surface area contributed by atoms with Crippen molar-refractivity contribution in [1.29, 1.82) is 0 Å². The van der Waals surface area contributed by atoms with Crippen molar-refractivity contribution in [2.75, 3.05) is 13.7 Å². The summed E-state index contributed by atoms with van der Waals surface area (Å²) in [5.74, 6) is 0.726. The number of H-pyrrole nitrogens is 1. The number of benzene rings is 2. The maximum Gasteiger partial charge on any atom is 0.272 e. The fraction of sp³-hybridized carbons (Fsp3) is 0.200.